The molecule has 0 spiro atoms. The van der Waals surface area contributed by atoms with E-state index in [0.717, 1.165) is 18.6 Å². The van der Waals surface area contributed by atoms with Gasteiger partial charge in [-0.25, -0.2) is 0 Å². The van der Waals surface area contributed by atoms with Crippen molar-refractivity contribution in [3.05, 3.63) is 113 Å². The van der Waals surface area contributed by atoms with Crippen LogP contribution in [-0.4, -0.2) is 7.11 Å². The van der Waals surface area contributed by atoms with Crippen molar-refractivity contribution in [3.8, 4) is 5.75 Å². The Morgan fingerprint density at radius 3 is 1.88 bits per heavy atom. The zero-order chi connectivity index (χ0) is 17.8. The van der Waals surface area contributed by atoms with E-state index in [2.05, 4.69) is 91.0 Å². The van der Waals surface area contributed by atoms with Crippen LogP contribution in [-0.2, 0) is 12.8 Å². The lowest BCUT2D eigenvalue weighted by Gasteiger charge is -2.17. The molecule has 1 nitrogen and oxygen atoms in total. The molecule has 0 atom stereocenters. The normalized spacial score (nSPS) is 10.8. The molecule has 0 aliphatic carbocycles. The smallest absolute Gasteiger partial charge is 0.126 e. The van der Waals surface area contributed by atoms with Crippen LogP contribution in [0.3, 0.4) is 0 Å². The molecule has 0 saturated carbocycles. The molecule has 0 saturated heterocycles. The Kier molecular flexibility index (Phi) is 4.70. The number of methoxy groups -OCH3 is 1. The number of hydrogen-bond donors (Lipinski definition) is 0. The van der Waals surface area contributed by atoms with Crippen LogP contribution in [0.2, 0.25) is 0 Å². The van der Waals surface area contributed by atoms with E-state index in [4.69, 9.17) is 4.74 Å². The molecule has 26 heavy (non-hydrogen) atoms. The molecule has 128 valence electrons. The first kappa shape index (κ1) is 16.4. The van der Waals surface area contributed by atoms with Crippen molar-refractivity contribution in [2.45, 2.75) is 12.8 Å². The van der Waals surface area contributed by atoms with Crippen molar-refractivity contribution in [1.82, 2.24) is 0 Å². The first-order valence-corrected chi connectivity index (χ1v) is 9.00. The standard InChI is InChI=1S/C25H22O/c1-26-25-22(16-19-10-4-2-5-11-19)18-21-14-8-9-15-23(21)24(25)17-20-12-6-3-7-13-20/h2-15,18H,16-17H2,1H3. The van der Waals surface area contributed by atoms with Gasteiger partial charge in [0, 0.05) is 18.4 Å². The van der Waals surface area contributed by atoms with Gasteiger partial charge >= 0.3 is 0 Å². The SMILES string of the molecule is COc1c(Cc2ccccc2)cc2ccccc2c1Cc1ccccc1. The summed E-state index contributed by atoms with van der Waals surface area (Å²) in [6.45, 7) is 0. The van der Waals surface area contributed by atoms with Gasteiger partial charge in [-0.05, 0) is 33.5 Å². The van der Waals surface area contributed by atoms with Crippen molar-refractivity contribution >= 4 is 10.8 Å². The maximum absolute atomic E-state index is 5.93. The highest BCUT2D eigenvalue weighted by atomic mass is 16.5. The molecular formula is C25H22O. The van der Waals surface area contributed by atoms with E-state index >= 15 is 0 Å². The summed E-state index contributed by atoms with van der Waals surface area (Å²) in [4.78, 5) is 0. The molecule has 0 fully saturated rings. The molecule has 0 heterocycles. The summed E-state index contributed by atoms with van der Waals surface area (Å²) in [6, 6.07) is 32.1. The summed E-state index contributed by atoms with van der Waals surface area (Å²) >= 11 is 0. The molecular weight excluding hydrogens is 316 g/mol. The molecule has 4 aromatic rings. The van der Waals surface area contributed by atoms with Crippen LogP contribution in [0.15, 0.2) is 91.0 Å². The van der Waals surface area contributed by atoms with Crippen LogP contribution < -0.4 is 4.74 Å². The monoisotopic (exact) mass is 338 g/mol. The van der Waals surface area contributed by atoms with Crippen molar-refractivity contribution < 1.29 is 4.74 Å². The number of benzene rings is 4. The molecule has 0 amide bonds. The van der Waals surface area contributed by atoms with E-state index in [0.29, 0.717) is 0 Å². The molecule has 0 bridgehead atoms. The molecule has 0 aromatic heterocycles. The molecule has 0 radical (unpaired) electrons. The zero-order valence-electron chi connectivity index (χ0n) is 15.0. The van der Waals surface area contributed by atoms with E-state index in [-0.39, 0.29) is 0 Å². The first-order valence-electron chi connectivity index (χ1n) is 9.00. The Labute approximate surface area is 154 Å². The minimum atomic E-state index is 0.868. The van der Waals surface area contributed by atoms with Gasteiger partial charge in [-0.2, -0.15) is 0 Å². The van der Waals surface area contributed by atoms with Gasteiger partial charge in [0.2, 0.25) is 0 Å². The lowest BCUT2D eigenvalue weighted by molar-refractivity contribution is 0.407. The van der Waals surface area contributed by atoms with Gasteiger partial charge in [0.1, 0.15) is 5.75 Å². The Balaban J connectivity index is 1.87. The summed E-state index contributed by atoms with van der Waals surface area (Å²) < 4.78 is 5.93. The van der Waals surface area contributed by atoms with Crippen molar-refractivity contribution in [2.75, 3.05) is 7.11 Å². The maximum atomic E-state index is 5.93. The van der Waals surface area contributed by atoms with Crippen LogP contribution in [0, 0.1) is 0 Å². The van der Waals surface area contributed by atoms with Gasteiger partial charge in [-0.1, -0.05) is 84.9 Å². The maximum Gasteiger partial charge on any atom is 0.126 e. The summed E-state index contributed by atoms with van der Waals surface area (Å²) in [7, 11) is 1.78. The van der Waals surface area contributed by atoms with E-state index in [1.54, 1.807) is 7.11 Å². The average molecular weight is 338 g/mol. The highest BCUT2D eigenvalue weighted by Gasteiger charge is 2.15. The van der Waals surface area contributed by atoms with Crippen molar-refractivity contribution in [1.29, 1.82) is 0 Å². The molecule has 0 aliphatic rings. The Morgan fingerprint density at radius 2 is 1.23 bits per heavy atom. The van der Waals surface area contributed by atoms with E-state index in [1.165, 1.54) is 33.0 Å². The third-order valence-electron chi connectivity index (χ3n) is 4.85. The lowest BCUT2D eigenvalue weighted by Crippen LogP contribution is -2.01. The fraction of sp³-hybridized carbons (Fsp3) is 0.120. The molecule has 1 heteroatoms. The molecule has 0 N–H and O–H groups in total. The molecule has 0 unspecified atom stereocenters. The third-order valence-corrected chi connectivity index (χ3v) is 4.85. The van der Waals surface area contributed by atoms with E-state index < -0.39 is 0 Å². The fourth-order valence-corrected chi connectivity index (χ4v) is 3.64. The molecule has 0 aliphatic heterocycles. The lowest BCUT2D eigenvalue weighted by atomic mass is 9.92. The predicted octanol–water partition coefficient (Wildman–Crippen LogP) is 6.03. The van der Waals surface area contributed by atoms with Gasteiger partial charge in [0.15, 0.2) is 0 Å². The van der Waals surface area contributed by atoms with Crippen LogP contribution in [0.1, 0.15) is 22.3 Å². The second-order valence-electron chi connectivity index (χ2n) is 6.59. The number of fused-ring (bicyclic) bond motifs is 1. The van der Waals surface area contributed by atoms with E-state index in [1.807, 2.05) is 0 Å². The zero-order valence-corrected chi connectivity index (χ0v) is 15.0. The number of rotatable bonds is 5. The highest BCUT2D eigenvalue weighted by Crippen LogP contribution is 2.35. The van der Waals surface area contributed by atoms with Gasteiger partial charge in [0.25, 0.3) is 0 Å². The quantitative estimate of drug-likeness (QED) is 0.432. The van der Waals surface area contributed by atoms with E-state index in [9.17, 15) is 0 Å². The average Bonchev–Trinajstić information content (AvgIpc) is 2.70. The van der Waals surface area contributed by atoms with Gasteiger partial charge in [-0.15, -0.1) is 0 Å². The largest absolute Gasteiger partial charge is 0.496 e. The van der Waals surface area contributed by atoms with Gasteiger partial charge in [0.05, 0.1) is 7.11 Å². The van der Waals surface area contributed by atoms with Crippen LogP contribution in [0.5, 0.6) is 5.75 Å². The minimum absolute atomic E-state index is 0.868. The molecule has 4 aromatic carbocycles. The van der Waals surface area contributed by atoms with Crippen LogP contribution in [0.25, 0.3) is 10.8 Å². The third kappa shape index (κ3) is 3.34. The van der Waals surface area contributed by atoms with Gasteiger partial charge in [-0.3, -0.25) is 0 Å². The predicted molar refractivity (Wildman–Crippen MR) is 109 cm³/mol. The minimum Gasteiger partial charge on any atom is -0.496 e. The highest BCUT2D eigenvalue weighted by molar-refractivity contribution is 5.89. The fourth-order valence-electron chi connectivity index (χ4n) is 3.64. The Hall–Kier alpha value is -3.06. The topological polar surface area (TPSA) is 9.23 Å². The summed E-state index contributed by atoms with van der Waals surface area (Å²) in [6.07, 6.45) is 1.74. The second kappa shape index (κ2) is 7.45. The summed E-state index contributed by atoms with van der Waals surface area (Å²) in [5, 5.41) is 2.54. The summed E-state index contributed by atoms with van der Waals surface area (Å²) in [5.74, 6) is 1.01. The van der Waals surface area contributed by atoms with Crippen LogP contribution in [0.4, 0.5) is 0 Å². The van der Waals surface area contributed by atoms with Gasteiger partial charge < -0.3 is 4.74 Å². The Morgan fingerprint density at radius 1 is 0.654 bits per heavy atom. The second-order valence-corrected chi connectivity index (χ2v) is 6.59. The number of hydrogen-bond acceptors (Lipinski definition) is 1. The molecule has 4 rings (SSSR count). The van der Waals surface area contributed by atoms with Crippen LogP contribution >= 0.6 is 0 Å². The Bertz CT molecular complexity index is 1000. The van der Waals surface area contributed by atoms with Crippen molar-refractivity contribution in [3.63, 3.8) is 0 Å². The number of ether oxygens (including phenoxy) is 1. The first-order chi connectivity index (χ1) is 12.8. The summed E-state index contributed by atoms with van der Waals surface area (Å²) in [5.41, 5.74) is 5.10. The van der Waals surface area contributed by atoms with Crippen molar-refractivity contribution in [2.24, 2.45) is 0 Å².